The Morgan fingerprint density at radius 2 is 1.74 bits per heavy atom. The van der Waals surface area contributed by atoms with Gasteiger partial charge in [-0.25, -0.2) is 0 Å². The van der Waals surface area contributed by atoms with E-state index in [1.807, 2.05) is 24.3 Å². The number of aromatic amines is 1. The van der Waals surface area contributed by atoms with Crippen LogP contribution in [0.15, 0.2) is 36.4 Å². The van der Waals surface area contributed by atoms with Crippen LogP contribution in [0.5, 0.6) is 23.0 Å². The molecule has 3 rings (SSSR count). The molecule has 0 saturated heterocycles. The number of carbonyl (C=O) groups is 1. The summed E-state index contributed by atoms with van der Waals surface area (Å²) >= 11 is 0. The van der Waals surface area contributed by atoms with Crippen molar-refractivity contribution < 1.29 is 23.7 Å². The van der Waals surface area contributed by atoms with E-state index in [4.69, 9.17) is 18.9 Å². The molecular weight excluding hydrogens is 348 g/mol. The number of benzene rings is 2. The van der Waals surface area contributed by atoms with Gasteiger partial charge in [0.1, 0.15) is 17.2 Å². The lowest BCUT2D eigenvalue weighted by Crippen LogP contribution is -2.23. The first-order valence-corrected chi connectivity index (χ1v) is 8.34. The van der Waals surface area contributed by atoms with E-state index in [0.29, 0.717) is 35.0 Å². The van der Waals surface area contributed by atoms with Crippen LogP contribution in [0.25, 0.3) is 10.9 Å². The Morgan fingerprint density at radius 3 is 2.41 bits per heavy atom. The summed E-state index contributed by atoms with van der Waals surface area (Å²) in [7, 11) is 6.27. The molecule has 0 fully saturated rings. The van der Waals surface area contributed by atoms with Gasteiger partial charge in [0.15, 0.2) is 11.5 Å². The lowest BCUT2D eigenvalue weighted by molar-refractivity contribution is 0.0946. The molecule has 0 atom stereocenters. The van der Waals surface area contributed by atoms with E-state index in [-0.39, 0.29) is 5.91 Å². The standard InChI is InChI=1S/C20H22N2O5/c1-24-13-7-5-6-12(8-13)11-21-20(23)15-9-14-16(25-2)10-17(26-3)19(27-4)18(14)22-15/h5-10,22H,11H2,1-4H3,(H,21,23). The fraction of sp³-hybridized carbons (Fsp3) is 0.250. The van der Waals surface area contributed by atoms with E-state index in [0.717, 1.165) is 16.7 Å². The first kappa shape index (κ1) is 18.4. The van der Waals surface area contributed by atoms with Gasteiger partial charge >= 0.3 is 0 Å². The van der Waals surface area contributed by atoms with Crippen LogP contribution >= 0.6 is 0 Å². The monoisotopic (exact) mass is 370 g/mol. The van der Waals surface area contributed by atoms with Crippen LogP contribution in [0.4, 0.5) is 0 Å². The second-order valence-corrected chi connectivity index (χ2v) is 5.82. The Bertz CT molecular complexity index is 964. The highest BCUT2D eigenvalue weighted by Gasteiger charge is 2.19. The van der Waals surface area contributed by atoms with Gasteiger partial charge < -0.3 is 29.2 Å². The highest BCUT2D eigenvalue weighted by molar-refractivity contribution is 6.02. The summed E-state index contributed by atoms with van der Waals surface area (Å²) in [6, 6.07) is 11.0. The van der Waals surface area contributed by atoms with E-state index >= 15 is 0 Å². The fourth-order valence-electron chi connectivity index (χ4n) is 2.92. The molecule has 0 bridgehead atoms. The molecule has 2 aromatic carbocycles. The lowest BCUT2D eigenvalue weighted by Gasteiger charge is -2.11. The van der Waals surface area contributed by atoms with Crippen molar-refractivity contribution in [1.82, 2.24) is 10.3 Å². The minimum Gasteiger partial charge on any atom is -0.497 e. The predicted molar refractivity (Wildman–Crippen MR) is 102 cm³/mol. The Kier molecular flexibility index (Phi) is 5.40. The molecule has 0 spiro atoms. The summed E-state index contributed by atoms with van der Waals surface area (Å²) in [5.41, 5.74) is 1.98. The van der Waals surface area contributed by atoms with Crippen molar-refractivity contribution in [1.29, 1.82) is 0 Å². The van der Waals surface area contributed by atoms with Crippen LogP contribution < -0.4 is 24.3 Å². The lowest BCUT2D eigenvalue weighted by atomic mass is 10.2. The maximum Gasteiger partial charge on any atom is 0.268 e. The summed E-state index contributed by atoms with van der Waals surface area (Å²) in [5, 5.41) is 3.63. The van der Waals surface area contributed by atoms with Gasteiger partial charge in [-0.2, -0.15) is 0 Å². The van der Waals surface area contributed by atoms with Crippen molar-refractivity contribution in [3.8, 4) is 23.0 Å². The van der Waals surface area contributed by atoms with Crippen LogP contribution in [0.1, 0.15) is 16.1 Å². The van der Waals surface area contributed by atoms with Crippen LogP contribution in [0, 0.1) is 0 Å². The van der Waals surface area contributed by atoms with Crippen LogP contribution in [0.3, 0.4) is 0 Å². The average molecular weight is 370 g/mol. The quantitative estimate of drug-likeness (QED) is 0.668. The van der Waals surface area contributed by atoms with Gasteiger partial charge in [-0.1, -0.05) is 12.1 Å². The summed E-state index contributed by atoms with van der Waals surface area (Å²) in [4.78, 5) is 15.7. The average Bonchev–Trinajstić information content (AvgIpc) is 3.16. The molecule has 1 amide bonds. The van der Waals surface area contributed by atoms with Gasteiger partial charge in [-0.15, -0.1) is 0 Å². The zero-order valence-electron chi connectivity index (χ0n) is 15.7. The van der Waals surface area contributed by atoms with Crippen molar-refractivity contribution in [3.63, 3.8) is 0 Å². The summed E-state index contributed by atoms with van der Waals surface area (Å²) in [6.07, 6.45) is 0. The molecule has 0 aliphatic heterocycles. The highest BCUT2D eigenvalue weighted by Crippen LogP contribution is 2.41. The minimum absolute atomic E-state index is 0.239. The van der Waals surface area contributed by atoms with Crippen molar-refractivity contribution in [2.75, 3.05) is 28.4 Å². The number of aromatic nitrogens is 1. The molecule has 0 aliphatic rings. The molecule has 1 heterocycles. The van der Waals surface area contributed by atoms with Gasteiger partial charge in [0.25, 0.3) is 5.91 Å². The number of methoxy groups -OCH3 is 4. The number of nitrogens with one attached hydrogen (secondary N) is 2. The number of amides is 1. The number of rotatable bonds is 7. The zero-order chi connectivity index (χ0) is 19.4. The third-order valence-electron chi connectivity index (χ3n) is 4.27. The molecule has 0 unspecified atom stereocenters. The van der Waals surface area contributed by atoms with Crippen LogP contribution in [0.2, 0.25) is 0 Å². The minimum atomic E-state index is -0.239. The van der Waals surface area contributed by atoms with Crippen molar-refractivity contribution >= 4 is 16.8 Å². The second kappa shape index (κ2) is 7.90. The molecule has 2 N–H and O–H groups in total. The highest BCUT2D eigenvalue weighted by atomic mass is 16.5. The van der Waals surface area contributed by atoms with Gasteiger partial charge in [0.05, 0.1) is 34.0 Å². The van der Waals surface area contributed by atoms with E-state index in [9.17, 15) is 4.79 Å². The number of H-pyrrole nitrogens is 1. The third-order valence-corrected chi connectivity index (χ3v) is 4.27. The number of fused-ring (bicyclic) bond motifs is 1. The van der Waals surface area contributed by atoms with E-state index in [1.54, 1.807) is 40.6 Å². The van der Waals surface area contributed by atoms with Gasteiger partial charge in [-0.05, 0) is 23.8 Å². The van der Waals surface area contributed by atoms with Crippen molar-refractivity contribution in [3.05, 3.63) is 47.7 Å². The zero-order valence-corrected chi connectivity index (χ0v) is 15.7. The van der Waals surface area contributed by atoms with Gasteiger partial charge in [-0.3, -0.25) is 4.79 Å². The maximum absolute atomic E-state index is 12.6. The number of hydrogen-bond donors (Lipinski definition) is 2. The Labute approximate surface area is 157 Å². The smallest absolute Gasteiger partial charge is 0.268 e. The molecular formula is C20H22N2O5. The molecule has 1 aromatic heterocycles. The predicted octanol–water partition coefficient (Wildman–Crippen LogP) is 3.13. The molecule has 7 heteroatoms. The molecule has 142 valence electrons. The van der Waals surface area contributed by atoms with Crippen molar-refractivity contribution in [2.45, 2.75) is 6.54 Å². The van der Waals surface area contributed by atoms with Gasteiger partial charge in [0.2, 0.25) is 0 Å². The molecule has 7 nitrogen and oxygen atoms in total. The molecule has 0 saturated carbocycles. The topological polar surface area (TPSA) is 81.8 Å². The largest absolute Gasteiger partial charge is 0.497 e. The Hall–Kier alpha value is -3.35. The Morgan fingerprint density at radius 1 is 0.963 bits per heavy atom. The molecule has 0 radical (unpaired) electrons. The number of carbonyl (C=O) groups excluding carboxylic acids is 1. The van der Waals surface area contributed by atoms with Crippen LogP contribution in [-0.2, 0) is 6.54 Å². The summed E-state index contributed by atoms with van der Waals surface area (Å²) in [6.45, 7) is 0.378. The summed E-state index contributed by atoms with van der Waals surface area (Å²) in [5.74, 6) is 2.13. The van der Waals surface area contributed by atoms with Gasteiger partial charge in [0, 0.05) is 18.0 Å². The molecule has 0 aliphatic carbocycles. The molecule has 3 aromatic rings. The maximum atomic E-state index is 12.6. The van der Waals surface area contributed by atoms with E-state index in [2.05, 4.69) is 10.3 Å². The van der Waals surface area contributed by atoms with Crippen LogP contribution in [-0.4, -0.2) is 39.3 Å². The fourth-order valence-corrected chi connectivity index (χ4v) is 2.92. The number of ether oxygens (including phenoxy) is 4. The molecule has 27 heavy (non-hydrogen) atoms. The number of hydrogen-bond acceptors (Lipinski definition) is 5. The third kappa shape index (κ3) is 3.62. The van der Waals surface area contributed by atoms with E-state index in [1.165, 1.54) is 0 Å². The first-order valence-electron chi connectivity index (χ1n) is 8.34. The first-order chi connectivity index (χ1) is 13.1. The summed E-state index contributed by atoms with van der Waals surface area (Å²) < 4.78 is 21.4. The second-order valence-electron chi connectivity index (χ2n) is 5.82. The van der Waals surface area contributed by atoms with Crippen molar-refractivity contribution in [2.24, 2.45) is 0 Å². The normalized spacial score (nSPS) is 10.5. The SMILES string of the molecule is COc1cccc(CNC(=O)c2cc3c(OC)cc(OC)c(OC)c3[nH]2)c1. The Balaban J connectivity index is 1.88. The van der Waals surface area contributed by atoms with E-state index < -0.39 is 0 Å².